The summed E-state index contributed by atoms with van der Waals surface area (Å²) in [7, 11) is -0.857. The fourth-order valence-electron chi connectivity index (χ4n) is 1.73. The van der Waals surface area contributed by atoms with Crippen molar-refractivity contribution in [1.29, 1.82) is 0 Å². The molecule has 0 aliphatic heterocycles. The van der Waals surface area contributed by atoms with Crippen LogP contribution in [0.5, 0.6) is 0 Å². The first-order valence-electron chi connectivity index (χ1n) is 6.19. The van der Waals surface area contributed by atoms with E-state index >= 15 is 0 Å². The lowest BCUT2D eigenvalue weighted by atomic mass is 10.0. The van der Waals surface area contributed by atoms with Crippen LogP contribution in [0.15, 0.2) is 24.3 Å². The molecule has 0 radical (unpaired) electrons. The van der Waals surface area contributed by atoms with Gasteiger partial charge in [-0.15, -0.1) is 0 Å². The van der Waals surface area contributed by atoms with Crippen LogP contribution in [0.2, 0.25) is 0 Å². The van der Waals surface area contributed by atoms with E-state index in [0.717, 1.165) is 12.0 Å². The van der Waals surface area contributed by atoms with E-state index in [1.807, 2.05) is 12.1 Å². The molecular formula is C14H23NOS. The fraction of sp³-hybridized carbons (Fsp3) is 0.571. The molecule has 3 atom stereocenters. The molecule has 3 heteroatoms. The number of aryl methyl sites for hydroxylation is 1. The Labute approximate surface area is 107 Å². The molecule has 0 bridgehead atoms. The van der Waals surface area contributed by atoms with Gasteiger partial charge in [-0.3, -0.25) is 4.21 Å². The average Bonchev–Trinajstić information content (AvgIpc) is 2.27. The molecule has 2 nitrogen and oxygen atoms in total. The highest BCUT2D eigenvalue weighted by Gasteiger charge is 2.14. The van der Waals surface area contributed by atoms with E-state index in [4.69, 9.17) is 5.73 Å². The van der Waals surface area contributed by atoms with Gasteiger partial charge in [-0.1, -0.05) is 50.1 Å². The van der Waals surface area contributed by atoms with E-state index in [0.29, 0.717) is 17.4 Å². The number of nitrogens with two attached hydrogens (primary N) is 1. The SMILES string of the molecule is CCC(C)C(N)CS(=O)Cc1cccc(C)c1. The summed E-state index contributed by atoms with van der Waals surface area (Å²) in [6, 6.07) is 8.23. The van der Waals surface area contributed by atoms with Gasteiger partial charge in [0.15, 0.2) is 0 Å². The molecule has 0 aliphatic carbocycles. The molecule has 3 unspecified atom stereocenters. The van der Waals surface area contributed by atoms with Crippen molar-refractivity contribution in [2.24, 2.45) is 11.7 Å². The molecule has 17 heavy (non-hydrogen) atoms. The fourth-order valence-corrected chi connectivity index (χ4v) is 3.16. The largest absolute Gasteiger partial charge is 0.327 e. The number of hydrogen-bond acceptors (Lipinski definition) is 2. The lowest BCUT2D eigenvalue weighted by Gasteiger charge is -2.17. The van der Waals surface area contributed by atoms with Crippen molar-refractivity contribution in [3.8, 4) is 0 Å². The van der Waals surface area contributed by atoms with Crippen LogP contribution in [0.4, 0.5) is 0 Å². The second-order valence-electron chi connectivity index (χ2n) is 4.79. The lowest BCUT2D eigenvalue weighted by Crippen LogP contribution is -2.33. The predicted molar refractivity (Wildman–Crippen MR) is 75.3 cm³/mol. The summed E-state index contributed by atoms with van der Waals surface area (Å²) in [6.07, 6.45) is 1.04. The first-order valence-corrected chi connectivity index (χ1v) is 7.67. The maximum Gasteiger partial charge on any atom is 0.0486 e. The third-order valence-corrected chi connectivity index (χ3v) is 4.58. The van der Waals surface area contributed by atoms with Crippen molar-refractivity contribution in [3.63, 3.8) is 0 Å². The zero-order chi connectivity index (χ0) is 12.8. The minimum atomic E-state index is -0.857. The van der Waals surface area contributed by atoms with Crippen molar-refractivity contribution in [2.45, 2.75) is 39.0 Å². The Morgan fingerprint density at radius 2 is 2.12 bits per heavy atom. The van der Waals surface area contributed by atoms with Crippen molar-refractivity contribution >= 4 is 10.8 Å². The Morgan fingerprint density at radius 3 is 2.71 bits per heavy atom. The summed E-state index contributed by atoms with van der Waals surface area (Å²) in [5.41, 5.74) is 8.37. The summed E-state index contributed by atoms with van der Waals surface area (Å²) in [5.74, 6) is 1.66. The standard InChI is InChI=1S/C14H23NOS/c1-4-12(3)14(15)10-17(16)9-13-7-5-6-11(2)8-13/h5-8,12,14H,4,9-10,15H2,1-3H3. The van der Waals surface area contributed by atoms with E-state index in [1.165, 1.54) is 5.56 Å². The van der Waals surface area contributed by atoms with Gasteiger partial charge in [0.2, 0.25) is 0 Å². The van der Waals surface area contributed by atoms with Gasteiger partial charge in [0, 0.05) is 28.3 Å². The van der Waals surface area contributed by atoms with Crippen LogP contribution >= 0.6 is 0 Å². The van der Waals surface area contributed by atoms with Gasteiger partial charge in [0.05, 0.1) is 0 Å². The van der Waals surface area contributed by atoms with Crippen LogP contribution < -0.4 is 5.73 Å². The second kappa shape index (κ2) is 6.92. The summed E-state index contributed by atoms with van der Waals surface area (Å²) in [5, 5.41) is 0. The second-order valence-corrected chi connectivity index (χ2v) is 6.29. The van der Waals surface area contributed by atoms with Crippen LogP contribution in [0, 0.1) is 12.8 Å². The van der Waals surface area contributed by atoms with E-state index < -0.39 is 10.8 Å². The predicted octanol–water partition coefficient (Wildman–Crippen LogP) is 2.62. The quantitative estimate of drug-likeness (QED) is 0.847. The minimum absolute atomic E-state index is 0.0469. The third-order valence-electron chi connectivity index (χ3n) is 3.16. The molecule has 1 aromatic carbocycles. The van der Waals surface area contributed by atoms with Crippen molar-refractivity contribution in [3.05, 3.63) is 35.4 Å². The van der Waals surface area contributed by atoms with Gasteiger partial charge in [0.1, 0.15) is 0 Å². The normalized spacial score (nSPS) is 16.5. The Morgan fingerprint density at radius 1 is 1.41 bits per heavy atom. The molecular weight excluding hydrogens is 230 g/mol. The maximum absolute atomic E-state index is 12.0. The molecule has 2 N–H and O–H groups in total. The van der Waals surface area contributed by atoms with Crippen LogP contribution in [-0.2, 0) is 16.6 Å². The summed E-state index contributed by atoms with van der Waals surface area (Å²) in [6.45, 7) is 6.29. The Hall–Kier alpha value is -0.670. The zero-order valence-electron chi connectivity index (χ0n) is 11.0. The Balaban J connectivity index is 2.50. The molecule has 0 fully saturated rings. The number of rotatable bonds is 6. The first-order chi connectivity index (χ1) is 8.02. The molecule has 0 spiro atoms. The van der Waals surface area contributed by atoms with Crippen LogP contribution in [0.1, 0.15) is 31.4 Å². The average molecular weight is 253 g/mol. The Kier molecular flexibility index (Phi) is 5.86. The van der Waals surface area contributed by atoms with Gasteiger partial charge in [-0.05, 0) is 18.4 Å². The topological polar surface area (TPSA) is 43.1 Å². The highest BCUT2D eigenvalue weighted by atomic mass is 32.2. The van der Waals surface area contributed by atoms with Crippen LogP contribution in [0.3, 0.4) is 0 Å². The zero-order valence-corrected chi connectivity index (χ0v) is 11.8. The monoisotopic (exact) mass is 253 g/mol. The summed E-state index contributed by atoms with van der Waals surface area (Å²) < 4.78 is 12.0. The molecule has 1 rings (SSSR count). The van der Waals surface area contributed by atoms with E-state index in [1.54, 1.807) is 0 Å². The van der Waals surface area contributed by atoms with Gasteiger partial charge in [-0.2, -0.15) is 0 Å². The van der Waals surface area contributed by atoms with E-state index in [-0.39, 0.29) is 6.04 Å². The molecule has 0 heterocycles. The van der Waals surface area contributed by atoms with Crippen molar-refractivity contribution in [2.75, 3.05) is 5.75 Å². The maximum atomic E-state index is 12.0. The van der Waals surface area contributed by atoms with Crippen LogP contribution in [-0.4, -0.2) is 16.0 Å². The lowest BCUT2D eigenvalue weighted by molar-refractivity contribution is 0.472. The van der Waals surface area contributed by atoms with Gasteiger partial charge < -0.3 is 5.73 Å². The molecule has 1 aromatic rings. The highest BCUT2D eigenvalue weighted by Crippen LogP contribution is 2.10. The van der Waals surface area contributed by atoms with E-state index in [9.17, 15) is 4.21 Å². The third kappa shape index (κ3) is 5.00. The Bertz CT molecular complexity index is 378. The molecule has 0 amide bonds. The molecule has 0 saturated heterocycles. The summed E-state index contributed by atoms with van der Waals surface area (Å²) in [4.78, 5) is 0. The minimum Gasteiger partial charge on any atom is -0.327 e. The van der Waals surface area contributed by atoms with Gasteiger partial charge >= 0.3 is 0 Å². The first kappa shape index (κ1) is 14.4. The van der Waals surface area contributed by atoms with Gasteiger partial charge in [0.25, 0.3) is 0 Å². The smallest absolute Gasteiger partial charge is 0.0486 e. The van der Waals surface area contributed by atoms with Gasteiger partial charge in [-0.25, -0.2) is 0 Å². The molecule has 0 aromatic heterocycles. The van der Waals surface area contributed by atoms with Crippen molar-refractivity contribution < 1.29 is 4.21 Å². The van der Waals surface area contributed by atoms with Crippen molar-refractivity contribution in [1.82, 2.24) is 0 Å². The number of hydrogen-bond donors (Lipinski definition) is 1. The van der Waals surface area contributed by atoms with E-state index in [2.05, 4.69) is 32.9 Å². The highest BCUT2D eigenvalue weighted by molar-refractivity contribution is 7.84. The number of benzene rings is 1. The summed E-state index contributed by atoms with van der Waals surface area (Å²) >= 11 is 0. The molecule has 96 valence electrons. The molecule has 0 saturated carbocycles. The molecule has 0 aliphatic rings. The van der Waals surface area contributed by atoms with Crippen LogP contribution in [0.25, 0.3) is 0 Å².